The van der Waals surface area contributed by atoms with Crippen molar-refractivity contribution in [2.24, 2.45) is 0 Å². The van der Waals surface area contributed by atoms with Gasteiger partial charge in [0.2, 0.25) is 0 Å². The zero-order valence-electron chi connectivity index (χ0n) is 5.26. The first-order valence-electron chi connectivity index (χ1n) is 1.72. The third kappa shape index (κ3) is 910. The molecule has 0 rings (SSSR count). The average Bonchev–Trinajstić information content (AvgIpc) is 1.39. The number of nitrogens with one attached hydrogen (secondary N) is 2. The summed E-state index contributed by atoms with van der Waals surface area (Å²) in [4.78, 5) is 0. The molecule has 3 nitrogen and oxygen atoms in total. The molecule has 0 aliphatic heterocycles. The van der Waals surface area contributed by atoms with Crippen LogP contribution < -0.4 is 10.8 Å². The minimum absolute atomic E-state index is 0. The van der Waals surface area contributed by atoms with Gasteiger partial charge in [-0.3, -0.25) is 0 Å². The van der Waals surface area contributed by atoms with Crippen LogP contribution >= 0.6 is 24.8 Å². The van der Waals surface area contributed by atoms with E-state index in [-0.39, 0.29) is 24.8 Å². The number of halogens is 2. The Morgan fingerprint density at radius 2 is 1.00 bits per heavy atom. The Kier molecular flexibility index (Phi) is 152. The molecule has 0 heterocycles. The van der Waals surface area contributed by atoms with Gasteiger partial charge in [0.25, 0.3) is 0 Å². The molecule has 0 aliphatic carbocycles. The van der Waals surface area contributed by atoms with Gasteiger partial charge in [-0.25, -0.2) is 5.48 Å². The fourth-order valence-electron chi connectivity index (χ4n) is 0. The molecular weight excluding hydrogens is 151 g/mol. The van der Waals surface area contributed by atoms with Crippen molar-refractivity contribution in [1.29, 1.82) is 0 Å². The standard InChI is InChI=1S/C2H7N.CH5NO.2ClH/c1-3-2;1-2-3;;/h3H,1-2H3;2-3H,1H3;2*1H. The van der Waals surface area contributed by atoms with E-state index in [1.807, 2.05) is 14.1 Å². The number of rotatable bonds is 0. The molecule has 56 valence electrons. The molecule has 0 aliphatic rings. The highest BCUT2D eigenvalue weighted by Gasteiger charge is 1.25. The Morgan fingerprint density at radius 3 is 1.00 bits per heavy atom. The Bertz CT molecular complexity index is 17.2. The molecule has 0 amide bonds. The van der Waals surface area contributed by atoms with Gasteiger partial charge in [-0.2, -0.15) is 0 Å². The SMILES string of the molecule is CNC.CNO.Cl.Cl. The molecule has 0 aromatic rings. The first-order chi connectivity index (χ1) is 2.83. The van der Waals surface area contributed by atoms with Crippen LogP contribution in [0.2, 0.25) is 0 Å². The largest absolute Gasteiger partial charge is 0.323 e. The number of hydrogen-bond acceptors (Lipinski definition) is 3. The van der Waals surface area contributed by atoms with Gasteiger partial charge in [0, 0.05) is 7.05 Å². The highest BCUT2D eigenvalue weighted by molar-refractivity contribution is 5.85. The van der Waals surface area contributed by atoms with E-state index in [9.17, 15) is 0 Å². The lowest BCUT2D eigenvalue weighted by Crippen LogP contribution is -1.91. The van der Waals surface area contributed by atoms with Crippen LogP contribution in [-0.4, -0.2) is 26.4 Å². The van der Waals surface area contributed by atoms with Crippen LogP contribution in [-0.2, 0) is 0 Å². The van der Waals surface area contributed by atoms with Crippen molar-refractivity contribution >= 4 is 24.8 Å². The molecule has 0 unspecified atom stereocenters. The van der Waals surface area contributed by atoms with Crippen molar-refractivity contribution in [3.63, 3.8) is 0 Å². The summed E-state index contributed by atoms with van der Waals surface area (Å²) >= 11 is 0. The van der Waals surface area contributed by atoms with E-state index in [1.54, 1.807) is 5.48 Å². The van der Waals surface area contributed by atoms with Gasteiger partial charge in [0.05, 0.1) is 0 Å². The summed E-state index contributed by atoms with van der Waals surface area (Å²) in [6.07, 6.45) is 0. The molecule has 0 saturated carbocycles. The number of hydrogen-bond donors (Lipinski definition) is 3. The highest BCUT2D eigenvalue weighted by atomic mass is 35.5. The maximum atomic E-state index is 7.32. The molecular formula is C3H14Cl2N2O. The average molecular weight is 165 g/mol. The van der Waals surface area contributed by atoms with E-state index < -0.39 is 0 Å². The minimum atomic E-state index is 0. The zero-order chi connectivity index (χ0) is 5.41. The fourth-order valence-corrected chi connectivity index (χ4v) is 0. The zero-order valence-corrected chi connectivity index (χ0v) is 6.90. The predicted molar refractivity (Wildman–Crippen MR) is 40.3 cm³/mol. The summed E-state index contributed by atoms with van der Waals surface area (Å²) in [7, 11) is 5.18. The van der Waals surface area contributed by atoms with Gasteiger partial charge in [0.1, 0.15) is 0 Å². The topological polar surface area (TPSA) is 44.3 Å². The second-order valence-electron chi connectivity index (χ2n) is 0.724. The first-order valence-corrected chi connectivity index (χ1v) is 1.72. The van der Waals surface area contributed by atoms with Crippen molar-refractivity contribution in [2.45, 2.75) is 0 Å². The Labute approximate surface area is 62.6 Å². The Morgan fingerprint density at radius 1 is 1.00 bits per heavy atom. The van der Waals surface area contributed by atoms with Gasteiger partial charge in [-0.05, 0) is 14.1 Å². The molecule has 0 saturated heterocycles. The van der Waals surface area contributed by atoms with Crippen molar-refractivity contribution < 1.29 is 5.21 Å². The summed E-state index contributed by atoms with van der Waals surface area (Å²) in [5.41, 5.74) is 1.75. The van der Waals surface area contributed by atoms with E-state index in [0.717, 1.165) is 0 Å². The first kappa shape index (κ1) is 23.7. The lowest BCUT2D eigenvalue weighted by molar-refractivity contribution is 0.194. The molecule has 0 fully saturated rings. The third-order valence-electron chi connectivity index (χ3n) is 0. The second-order valence-corrected chi connectivity index (χ2v) is 0.724. The Hall–Kier alpha value is 0.460. The van der Waals surface area contributed by atoms with Gasteiger partial charge in [0.15, 0.2) is 0 Å². The van der Waals surface area contributed by atoms with Gasteiger partial charge in [-0.1, -0.05) is 0 Å². The highest BCUT2D eigenvalue weighted by Crippen LogP contribution is 0.981. The van der Waals surface area contributed by atoms with E-state index >= 15 is 0 Å². The Balaban J connectivity index is -0.0000000160. The van der Waals surface area contributed by atoms with Crippen LogP contribution in [0.4, 0.5) is 0 Å². The normalized spacial score (nSPS) is 4.50. The summed E-state index contributed by atoms with van der Waals surface area (Å²) < 4.78 is 0. The summed E-state index contributed by atoms with van der Waals surface area (Å²) in [5, 5.41) is 10.1. The monoisotopic (exact) mass is 164 g/mol. The third-order valence-corrected chi connectivity index (χ3v) is 0. The molecule has 3 N–H and O–H groups in total. The molecule has 0 aromatic carbocycles. The summed E-state index contributed by atoms with van der Waals surface area (Å²) in [5.74, 6) is 0. The maximum Gasteiger partial charge on any atom is 0.00929 e. The molecule has 0 aromatic heterocycles. The van der Waals surface area contributed by atoms with Crippen molar-refractivity contribution in [3.05, 3.63) is 0 Å². The van der Waals surface area contributed by atoms with Gasteiger partial charge >= 0.3 is 0 Å². The van der Waals surface area contributed by atoms with Crippen molar-refractivity contribution in [3.8, 4) is 0 Å². The van der Waals surface area contributed by atoms with Crippen LogP contribution in [0.5, 0.6) is 0 Å². The maximum absolute atomic E-state index is 7.32. The van der Waals surface area contributed by atoms with Crippen LogP contribution in [0.25, 0.3) is 0 Å². The van der Waals surface area contributed by atoms with E-state index in [4.69, 9.17) is 5.21 Å². The van der Waals surface area contributed by atoms with Crippen molar-refractivity contribution in [1.82, 2.24) is 10.8 Å². The smallest absolute Gasteiger partial charge is 0.00929 e. The molecule has 0 spiro atoms. The summed E-state index contributed by atoms with van der Waals surface area (Å²) in [6, 6.07) is 0. The predicted octanol–water partition coefficient (Wildman–Crippen LogP) is 0.274. The lowest BCUT2D eigenvalue weighted by Gasteiger charge is -1.60. The molecule has 0 atom stereocenters. The minimum Gasteiger partial charge on any atom is -0.323 e. The molecule has 0 radical (unpaired) electrons. The van der Waals surface area contributed by atoms with E-state index in [1.165, 1.54) is 7.05 Å². The number of hydroxylamine groups is 1. The lowest BCUT2D eigenvalue weighted by atomic mass is 11.3. The second kappa shape index (κ2) is 51.4. The fraction of sp³-hybridized carbons (Fsp3) is 1.00. The van der Waals surface area contributed by atoms with Crippen molar-refractivity contribution in [2.75, 3.05) is 21.1 Å². The molecule has 0 bridgehead atoms. The quantitative estimate of drug-likeness (QED) is 0.451. The van der Waals surface area contributed by atoms with Crippen LogP contribution in [0, 0.1) is 0 Å². The molecule has 8 heavy (non-hydrogen) atoms. The van der Waals surface area contributed by atoms with Crippen LogP contribution in [0.15, 0.2) is 0 Å². The molecule has 5 heteroatoms. The van der Waals surface area contributed by atoms with Gasteiger partial charge in [-0.15, -0.1) is 24.8 Å². The van der Waals surface area contributed by atoms with Crippen LogP contribution in [0.1, 0.15) is 0 Å². The van der Waals surface area contributed by atoms with E-state index in [2.05, 4.69) is 5.32 Å². The van der Waals surface area contributed by atoms with Crippen LogP contribution in [0.3, 0.4) is 0 Å². The summed E-state index contributed by atoms with van der Waals surface area (Å²) in [6.45, 7) is 0. The van der Waals surface area contributed by atoms with Gasteiger partial charge < -0.3 is 10.5 Å². The van der Waals surface area contributed by atoms with E-state index in [0.29, 0.717) is 0 Å².